The van der Waals surface area contributed by atoms with Crippen molar-refractivity contribution in [3.8, 4) is 0 Å². The SMILES string of the molecule is c1ccc2[nH]c(NCCc3csc(N4CCCC4)n3)nc2c1. The van der Waals surface area contributed by atoms with Gasteiger partial charge >= 0.3 is 0 Å². The van der Waals surface area contributed by atoms with E-state index >= 15 is 0 Å². The molecule has 0 bridgehead atoms. The Morgan fingerprint density at radius 2 is 2.05 bits per heavy atom. The van der Waals surface area contributed by atoms with Crippen LogP contribution in [0, 0.1) is 0 Å². The molecule has 1 aromatic carbocycles. The Labute approximate surface area is 133 Å². The Bertz CT molecular complexity index is 724. The van der Waals surface area contributed by atoms with Crippen molar-refractivity contribution >= 4 is 33.5 Å². The Morgan fingerprint density at radius 3 is 2.91 bits per heavy atom. The summed E-state index contributed by atoms with van der Waals surface area (Å²) in [5.74, 6) is 0.830. The number of aromatic nitrogens is 3. The van der Waals surface area contributed by atoms with Crippen molar-refractivity contribution in [3.05, 3.63) is 35.3 Å². The minimum absolute atomic E-state index is 0.830. The molecule has 22 heavy (non-hydrogen) atoms. The number of benzene rings is 1. The summed E-state index contributed by atoms with van der Waals surface area (Å²) in [5.41, 5.74) is 3.22. The van der Waals surface area contributed by atoms with Gasteiger partial charge in [0.25, 0.3) is 0 Å². The summed E-state index contributed by atoms with van der Waals surface area (Å²) in [6.07, 6.45) is 3.51. The minimum Gasteiger partial charge on any atom is -0.355 e. The van der Waals surface area contributed by atoms with Gasteiger partial charge in [-0.05, 0) is 25.0 Å². The van der Waals surface area contributed by atoms with E-state index in [0.717, 1.165) is 48.7 Å². The Balaban J connectivity index is 1.34. The molecule has 1 fully saturated rings. The van der Waals surface area contributed by atoms with Crippen LogP contribution in [-0.2, 0) is 6.42 Å². The lowest BCUT2D eigenvalue weighted by Crippen LogP contribution is -2.17. The standard InChI is InChI=1S/C16H19N5S/c1-2-6-14-13(5-1)19-15(20-14)17-8-7-12-11-22-16(18-12)21-9-3-4-10-21/h1-2,5-6,11H,3-4,7-10H2,(H2,17,19,20). The van der Waals surface area contributed by atoms with Crippen LogP contribution in [0.25, 0.3) is 11.0 Å². The third kappa shape index (κ3) is 2.78. The van der Waals surface area contributed by atoms with E-state index in [1.807, 2.05) is 24.3 Å². The second-order valence-corrected chi connectivity index (χ2v) is 6.43. The number of para-hydroxylation sites is 2. The van der Waals surface area contributed by atoms with Gasteiger partial charge in [-0.2, -0.15) is 0 Å². The molecule has 2 aromatic heterocycles. The summed E-state index contributed by atoms with van der Waals surface area (Å²) in [7, 11) is 0. The Hall–Kier alpha value is -2.08. The summed E-state index contributed by atoms with van der Waals surface area (Å²) < 4.78 is 0. The van der Waals surface area contributed by atoms with Crippen molar-refractivity contribution in [2.45, 2.75) is 19.3 Å². The smallest absolute Gasteiger partial charge is 0.201 e. The number of anilines is 2. The highest BCUT2D eigenvalue weighted by atomic mass is 32.1. The highest BCUT2D eigenvalue weighted by Crippen LogP contribution is 2.24. The maximum atomic E-state index is 4.74. The van der Waals surface area contributed by atoms with E-state index in [4.69, 9.17) is 4.98 Å². The highest BCUT2D eigenvalue weighted by Gasteiger charge is 2.15. The van der Waals surface area contributed by atoms with E-state index in [-0.39, 0.29) is 0 Å². The number of H-pyrrole nitrogens is 1. The zero-order valence-corrected chi connectivity index (χ0v) is 13.2. The predicted octanol–water partition coefficient (Wildman–Crippen LogP) is 3.27. The summed E-state index contributed by atoms with van der Waals surface area (Å²) in [4.78, 5) is 14.9. The van der Waals surface area contributed by atoms with Gasteiger partial charge in [-0.3, -0.25) is 0 Å². The summed E-state index contributed by atoms with van der Waals surface area (Å²) in [5, 5.41) is 6.70. The number of thiazole rings is 1. The monoisotopic (exact) mass is 313 g/mol. The molecule has 1 aliphatic heterocycles. The molecule has 0 unspecified atom stereocenters. The fourth-order valence-corrected chi connectivity index (χ4v) is 3.72. The van der Waals surface area contributed by atoms with Crippen molar-refractivity contribution in [1.82, 2.24) is 15.0 Å². The van der Waals surface area contributed by atoms with E-state index < -0.39 is 0 Å². The molecular formula is C16H19N5S. The number of aromatic amines is 1. The van der Waals surface area contributed by atoms with Gasteiger partial charge in [-0.25, -0.2) is 9.97 Å². The summed E-state index contributed by atoms with van der Waals surface area (Å²) in [6, 6.07) is 8.07. The van der Waals surface area contributed by atoms with E-state index in [1.165, 1.54) is 18.0 Å². The quantitative estimate of drug-likeness (QED) is 0.759. The van der Waals surface area contributed by atoms with Crippen molar-refractivity contribution < 1.29 is 0 Å². The van der Waals surface area contributed by atoms with Gasteiger partial charge in [0.1, 0.15) is 0 Å². The second kappa shape index (κ2) is 5.96. The molecule has 6 heteroatoms. The maximum Gasteiger partial charge on any atom is 0.201 e. The molecule has 0 spiro atoms. The normalized spacial score (nSPS) is 14.8. The van der Waals surface area contributed by atoms with Crippen LogP contribution in [0.2, 0.25) is 0 Å². The molecule has 0 saturated carbocycles. The largest absolute Gasteiger partial charge is 0.355 e. The molecule has 2 N–H and O–H groups in total. The van der Waals surface area contributed by atoms with Crippen molar-refractivity contribution in [1.29, 1.82) is 0 Å². The average molecular weight is 313 g/mol. The molecule has 3 aromatic rings. The van der Waals surface area contributed by atoms with Crippen LogP contribution in [0.5, 0.6) is 0 Å². The van der Waals surface area contributed by atoms with Crippen LogP contribution < -0.4 is 10.2 Å². The topological polar surface area (TPSA) is 56.8 Å². The molecule has 114 valence electrons. The number of nitrogens with zero attached hydrogens (tertiary/aromatic N) is 3. The fourth-order valence-electron chi connectivity index (χ4n) is 2.81. The number of rotatable bonds is 5. The van der Waals surface area contributed by atoms with E-state index in [0.29, 0.717) is 0 Å². The number of fused-ring (bicyclic) bond motifs is 1. The van der Waals surface area contributed by atoms with Crippen molar-refractivity contribution in [3.63, 3.8) is 0 Å². The van der Waals surface area contributed by atoms with Gasteiger partial charge in [-0.15, -0.1) is 11.3 Å². The van der Waals surface area contributed by atoms with E-state index in [9.17, 15) is 0 Å². The molecule has 3 heterocycles. The molecule has 4 rings (SSSR count). The molecule has 0 atom stereocenters. The van der Waals surface area contributed by atoms with E-state index in [2.05, 4.69) is 25.6 Å². The van der Waals surface area contributed by atoms with Crippen LogP contribution in [0.3, 0.4) is 0 Å². The third-order valence-electron chi connectivity index (χ3n) is 3.98. The number of nitrogens with one attached hydrogen (secondary N) is 2. The molecule has 5 nitrogen and oxygen atoms in total. The van der Waals surface area contributed by atoms with Crippen LogP contribution in [0.1, 0.15) is 18.5 Å². The molecular weight excluding hydrogens is 294 g/mol. The van der Waals surface area contributed by atoms with Crippen molar-refractivity contribution in [2.24, 2.45) is 0 Å². The second-order valence-electron chi connectivity index (χ2n) is 5.59. The molecule has 0 aliphatic carbocycles. The lowest BCUT2D eigenvalue weighted by molar-refractivity contribution is 0.922. The molecule has 1 aliphatic rings. The van der Waals surface area contributed by atoms with Crippen LogP contribution >= 0.6 is 11.3 Å². The number of hydrogen-bond acceptors (Lipinski definition) is 5. The number of imidazole rings is 1. The van der Waals surface area contributed by atoms with Gasteiger partial charge in [0.05, 0.1) is 16.7 Å². The predicted molar refractivity (Wildman–Crippen MR) is 91.8 cm³/mol. The van der Waals surface area contributed by atoms with Gasteiger partial charge in [0.15, 0.2) is 5.13 Å². The van der Waals surface area contributed by atoms with Crippen LogP contribution in [0.4, 0.5) is 11.1 Å². The Kier molecular flexibility index (Phi) is 3.68. The minimum atomic E-state index is 0.830. The molecule has 1 saturated heterocycles. The third-order valence-corrected chi connectivity index (χ3v) is 4.93. The lowest BCUT2D eigenvalue weighted by atomic mass is 10.3. The first kappa shape index (κ1) is 13.6. The zero-order chi connectivity index (χ0) is 14.8. The van der Waals surface area contributed by atoms with Gasteiger partial charge < -0.3 is 15.2 Å². The first-order chi connectivity index (χ1) is 10.9. The fraction of sp³-hybridized carbons (Fsp3) is 0.375. The maximum absolute atomic E-state index is 4.74. The van der Waals surface area contributed by atoms with Gasteiger partial charge in [0.2, 0.25) is 5.95 Å². The summed E-state index contributed by atoms with van der Waals surface area (Å²) in [6.45, 7) is 3.15. The van der Waals surface area contributed by atoms with Crippen LogP contribution in [0.15, 0.2) is 29.6 Å². The van der Waals surface area contributed by atoms with Crippen LogP contribution in [-0.4, -0.2) is 34.6 Å². The van der Waals surface area contributed by atoms with Gasteiger partial charge in [0, 0.05) is 31.4 Å². The number of hydrogen-bond donors (Lipinski definition) is 2. The first-order valence-corrected chi connectivity index (χ1v) is 8.64. The van der Waals surface area contributed by atoms with E-state index in [1.54, 1.807) is 11.3 Å². The average Bonchev–Trinajstić information content (AvgIpc) is 3.27. The zero-order valence-electron chi connectivity index (χ0n) is 12.4. The van der Waals surface area contributed by atoms with Gasteiger partial charge in [-0.1, -0.05) is 12.1 Å². The first-order valence-electron chi connectivity index (χ1n) is 7.76. The molecule has 0 amide bonds. The Morgan fingerprint density at radius 1 is 1.18 bits per heavy atom. The summed E-state index contributed by atoms with van der Waals surface area (Å²) >= 11 is 1.76. The highest BCUT2D eigenvalue weighted by molar-refractivity contribution is 7.13. The van der Waals surface area contributed by atoms with Crippen molar-refractivity contribution in [2.75, 3.05) is 29.9 Å². The lowest BCUT2D eigenvalue weighted by Gasteiger charge is -2.12. The molecule has 0 radical (unpaired) electrons.